The first-order valence-corrected chi connectivity index (χ1v) is 9.70. The van der Waals surface area contributed by atoms with Crippen LogP contribution in [0.4, 0.5) is 0 Å². The Morgan fingerprint density at radius 2 is 1.84 bits per heavy atom. The summed E-state index contributed by atoms with van der Waals surface area (Å²) in [5.74, 6) is 0.929. The highest BCUT2D eigenvalue weighted by molar-refractivity contribution is 6.92. The molecule has 0 aliphatic carbocycles. The third-order valence-electron chi connectivity index (χ3n) is 4.36. The molecule has 1 aromatic rings. The molecule has 1 aliphatic heterocycles. The molecule has 1 fully saturated rings. The van der Waals surface area contributed by atoms with Crippen molar-refractivity contribution in [3.63, 3.8) is 0 Å². The van der Waals surface area contributed by atoms with Crippen LogP contribution in [0.3, 0.4) is 0 Å². The van der Waals surface area contributed by atoms with E-state index in [9.17, 15) is 0 Å². The average Bonchev–Trinajstić information content (AvgIpc) is 2.48. The van der Waals surface area contributed by atoms with Gasteiger partial charge < -0.3 is 9.94 Å². The van der Waals surface area contributed by atoms with Gasteiger partial charge >= 0.3 is 0 Å². The van der Waals surface area contributed by atoms with E-state index < -0.39 is 8.07 Å². The molecule has 1 N–H and O–H groups in total. The molecule has 0 spiro atoms. The topological polar surface area (TPSA) is 41.8 Å². The number of hydrogen-bond donors (Lipinski definition) is 1. The lowest BCUT2D eigenvalue weighted by atomic mass is 10.2. The summed E-state index contributed by atoms with van der Waals surface area (Å²) in [6.45, 7) is 2.27. The van der Waals surface area contributed by atoms with Crippen molar-refractivity contribution in [1.82, 2.24) is 0 Å². The van der Waals surface area contributed by atoms with E-state index in [1.807, 2.05) is 0 Å². The van der Waals surface area contributed by atoms with Crippen molar-refractivity contribution >= 4 is 19.0 Å². The predicted molar refractivity (Wildman–Crippen MR) is 81.5 cm³/mol. The lowest BCUT2D eigenvalue weighted by molar-refractivity contribution is 0.316. The maximum Gasteiger partial charge on any atom is 0.118 e. The summed E-state index contributed by atoms with van der Waals surface area (Å²) in [5, 5.41) is 13.9. The third-order valence-corrected chi connectivity index (χ3v) is 9.79. The molecule has 4 heteroatoms. The molecular weight excluding hydrogens is 254 g/mol. The van der Waals surface area contributed by atoms with Crippen molar-refractivity contribution in [2.45, 2.75) is 44.3 Å². The van der Waals surface area contributed by atoms with Crippen molar-refractivity contribution in [2.24, 2.45) is 5.16 Å². The van der Waals surface area contributed by atoms with E-state index in [1.165, 1.54) is 29.7 Å². The summed E-state index contributed by atoms with van der Waals surface area (Å²) in [6.07, 6.45) is 3.17. The summed E-state index contributed by atoms with van der Waals surface area (Å²) in [6, 6.07) is 12.4. The van der Waals surface area contributed by atoms with E-state index in [0.29, 0.717) is 0 Å². The van der Waals surface area contributed by atoms with Gasteiger partial charge in [0.15, 0.2) is 0 Å². The Kier molecular flexibility index (Phi) is 4.64. The fraction of sp³-hybridized carbons (Fsp3) is 0.533. The molecule has 1 aromatic carbocycles. The molecule has 0 atom stereocenters. The molecule has 0 unspecified atom stereocenters. The van der Waals surface area contributed by atoms with Crippen LogP contribution in [0, 0.1) is 0 Å². The molecule has 1 saturated heterocycles. The normalized spacial score (nSPS) is 23.2. The number of methoxy groups -OCH3 is 1. The van der Waals surface area contributed by atoms with Crippen molar-refractivity contribution < 1.29 is 9.94 Å². The van der Waals surface area contributed by atoms with Gasteiger partial charge in [0.25, 0.3) is 0 Å². The molecule has 0 saturated carbocycles. The maximum atomic E-state index is 8.92. The van der Waals surface area contributed by atoms with Crippen molar-refractivity contribution in [1.29, 1.82) is 0 Å². The predicted octanol–water partition coefficient (Wildman–Crippen LogP) is 3.39. The van der Waals surface area contributed by atoms with Gasteiger partial charge in [-0.15, -0.1) is 0 Å². The van der Waals surface area contributed by atoms with Crippen LogP contribution >= 0.6 is 0 Å². The molecule has 0 aromatic heterocycles. The van der Waals surface area contributed by atoms with Gasteiger partial charge in [-0.25, -0.2) is 0 Å². The highest BCUT2D eigenvalue weighted by Crippen LogP contribution is 2.32. The van der Waals surface area contributed by atoms with Gasteiger partial charge in [-0.2, -0.15) is 0 Å². The van der Waals surface area contributed by atoms with Crippen LogP contribution in [0.5, 0.6) is 5.75 Å². The number of oxime groups is 1. The van der Waals surface area contributed by atoms with Crippen LogP contribution in [-0.4, -0.2) is 26.1 Å². The van der Waals surface area contributed by atoms with E-state index in [0.717, 1.165) is 24.3 Å². The average molecular weight is 277 g/mol. The number of hydrogen-bond acceptors (Lipinski definition) is 3. The number of ether oxygens (including phenoxy) is 1. The first-order chi connectivity index (χ1) is 9.24. The van der Waals surface area contributed by atoms with E-state index in [1.54, 1.807) is 7.11 Å². The van der Waals surface area contributed by atoms with E-state index in [2.05, 4.69) is 36.3 Å². The first kappa shape index (κ1) is 14.1. The summed E-state index contributed by atoms with van der Waals surface area (Å²) in [5.41, 5.74) is 0.979. The quantitative estimate of drug-likeness (QED) is 0.521. The molecule has 0 bridgehead atoms. The van der Waals surface area contributed by atoms with Crippen molar-refractivity contribution in [3.8, 4) is 5.75 Å². The Bertz CT molecular complexity index is 432. The second-order valence-electron chi connectivity index (χ2n) is 5.43. The van der Waals surface area contributed by atoms with Crippen LogP contribution in [0.2, 0.25) is 18.1 Å². The zero-order valence-corrected chi connectivity index (χ0v) is 12.9. The number of rotatable bonds is 4. The van der Waals surface area contributed by atoms with Gasteiger partial charge in [0.1, 0.15) is 5.75 Å². The molecule has 1 heterocycles. The Morgan fingerprint density at radius 1 is 1.21 bits per heavy atom. The third kappa shape index (κ3) is 3.00. The lowest BCUT2D eigenvalue weighted by Gasteiger charge is -2.36. The summed E-state index contributed by atoms with van der Waals surface area (Å²) < 4.78 is 5.25. The highest BCUT2D eigenvalue weighted by Gasteiger charge is 2.37. The van der Waals surface area contributed by atoms with Gasteiger partial charge in [0.2, 0.25) is 0 Å². The summed E-state index contributed by atoms with van der Waals surface area (Å²) in [7, 11) is 0.307. The van der Waals surface area contributed by atoms with Gasteiger partial charge in [0.05, 0.1) is 20.9 Å². The van der Waals surface area contributed by atoms with Crippen LogP contribution < -0.4 is 9.92 Å². The fourth-order valence-electron chi connectivity index (χ4n) is 3.22. The Labute approximate surface area is 116 Å². The first-order valence-electron chi connectivity index (χ1n) is 7.08. The maximum absolute atomic E-state index is 8.92. The van der Waals surface area contributed by atoms with E-state index in [4.69, 9.17) is 9.94 Å². The molecule has 0 amide bonds. The molecular formula is C15H23NO2Si. The van der Waals surface area contributed by atoms with Gasteiger partial charge in [-0.05, 0) is 37.1 Å². The standard InChI is InChI=1S/C15H23NO2Si/c1-3-10-19(11-8-13(16-17)9-12-19)15-6-4-14(18-2)5-7-15/h4-7,17H,3,8-12H2,1-2H3. The van der Waals surface area contributed by atoms with Gasteiger partial charge in [0, 0.05) is 0 Å². The lowest BCUT2D eigenvalue weighted by Crippen LogP contribution is -2.50. The number of nitrogens with zero attached hydrogens (tertiary/aromatic N) is 1. The summed E-state index contributed by atoms with van der Waals surface area (Å²) >= 11 is 0. The number of benzene rings is 1. The molecule has 1 aliphatic rings. The Balaban J connectivity index is 2.23. The van der Waals surface area contributed by atoms with Crippen LogP contribution in [-0.2, 0) is 0 Å². The van der Waals surface area contributed by atoms with E-state index >= 15 is 0 Å². The Hall–Kier alpha value is -1.29. The zero-order valence-electron chi connectivity index (χ0n) is 11.9. The largest absolute Gasteiger partial charge is 0.497 e. The second kappa shape index (κ2) is 6.24. The van der Waals surface area contributed by atoms with Crippen molar-refractivity contribution in [3.05, 3.63) is 24.3 Å². The molecule has 2 rings (SSSR count). The second-order valence-corrected chi connectivity index (χ2v) is 10.1. The monoisotopic (exact) mass is 277 g/mol. The smallest absolute Gasteiger partial charge is 0.118 e. The minimum Gasteiger partial charge on any atom is -0.497 e. The fourth-order valence-corrected chi connectivity index (χ4v) is 8.20. The SMILES string of the molecule is CCC[Si]1(c2ccc(OC)cc2)CCC(=NO)CC1. The molecule has 19 heavy (non-hydrogen) atoms. The van der Waals surface area contributed by atoms with Crippen LogP contribution in [0.15, 0.2) is 29.4 Å². The summed E-state index contributed by atoms with van der Waals surface area (Å²) in [4.78, 5) is 0. The molecule has 104 valence electrons. The minimum absolute atomic E-state index is 0.929. The van der Waals surface area contributed by atoms with Gasteiger partial charge in [-0.1, -0.05) is 41.9 Å². The zero-order chi connectivity index (χ0) is 13.7. The van der Waals surface area contributed by atoms with Crippen LogP contribution in [0.25, 0.3) is 0 Å². The van der Waals surface area contributed by atoms with Crippen molar-refractivity contribution in [2.75, 3.05) is 7.11 Å². The molecule has 0 radical (unpaired) electrons. The minimum atomic E-state index is -1.40. The Morgan fingerprint density at radius 3 is 2.32 bits per heavy atom. The van der Waals surface area contributed by atoms with Crippen LogP contribution in [0.1, 0.15) is 26.2 Å². The van der Waals surface area contributed by atoms with E-state index in [-0.39, 0.29) is 0 Å². The van der Waals surface area contributed by atoms with Gasteiger partial charge in [-0.3, -0.25) is 0 Å². The highest BCUT2D eigenvalue weighted by atomic mass is 28.3. The molecule has 3 nitrogen and oxygen atoms in total.